The molecule has 2 heteroatoms. The highest BCUT2D eigenvalue weighted by Crippen LogP contribution is 2.67. The fourth-order valence-corrected chi connectivity index (χ4v) is 6.86. The third-order valence-electron chi connectivity index (χ3n) is 8.21. The van der Waals surface area contributed by atoms with Crippen LogP contribution in [0.25, 0.3) is 0 Å². The molecule has 1 saturated heterocycles. The van der Waals surface area contributed by atoms with Crippen LogP contribution in [0.4, 0.5) is 0 Å². The number of benzene rings is 1. The third-order valence-corrected chi connectivity index (χ3v) is 8.21. The van der Waals surface area contributed by atoms with Crippen molar-refractivity contribution in [2.45, 2.75) is 50.0 Å². The van der Waals surface area contributed by atoms with E-state index in [4.69, 9.17) is 4.74 Å². The number of methoxy groups -OCH3 is 1. The van der Waals surface area contributed by atoms with Gasteiger partial charge in [-0.25, -0.2) is 0 Å². The van der Waals surface area contributed by atoms with Crippen molar-refractivity contribution in [1.82, 2.24) is 4.90 Å². The van der Waals surface area contributed by atoms with Gasteiger partial charge in [0.1, 0.15) is 5.75 Å². The summed E-state index contributed by atoms with van der Waals surface area (Å²) in [5.74, 6) is 4.64. The summed E-state index contributed by atoms with van der Waals surface area (Å²) < 4.78 is 5.61. The van der Waals surface area contributed by atoms with Gasteiger partial charge in [0.05, 0.1) is 7.11 Å². The van der Waals surface area contributed by atoms with Gasteiger partial charge in [-0.05, 0) is 92.0 Å². The van der Waals surface area contributed by atoms with Gasteiger partial charge < -0.3 is 4.74 Å². The molecule has 3 saturated carbocycles. The summed E-state index contributed by atoms with van der Waals surface area (Å²) in [7, 11) is 1.80. The largest absolute Gasteiger partial charge is 0.497 e. The highest BCUT2D eigenvalue weighted by atomic mass is 16.5. The molecule has 5 aliphatic rings. The lowest BCUT2D eigenvalue weighted by Crippen LogP contribution is -2.62. The second kappa shape index (κ2) is 4.91. The molecule has 6 rings (SSSR count). The smallest absolute Gasteiger partial charge is 0.119 e. The van der Waals surface area contributed by atoms with Crippen LogP contribution >= 0.6 is 0 Å². The molecular formula is C23H29NO. The van der Waals surface area contributed by atoms with E-state index >= 15 is 0 Å². The van der Waals surface area contributed by atoms with E-state index in [9.17, 15) is 0 Å². The van der Waals surface area contributed by atoms with Crippen molar-refractivity contribution < 1.29 is 4.74 Å². The average Bonchev–Trinajstić information content (AvgIpc) is 3.51. The Morgan fingerprint density at radius 1 is 1.32 bits per heavy atom. The highest BCUT2D eigenvalue weighted by Gasteiger charge is 2.64. The standard InChI is InChI=1S/C23H29NO/c1-14-12-23-7-8-24(13-15-3-4-15)21(22(23)19-11-18(14)19)9-16-5-6-17(25-2)10-20(16)23/h5-6,10,15,18-19,21-22H,1,3-4,7-9,11-13H2,2H3/t18?,19?,21-,22?,23?/m1/s1. The van der Waals surface area contributed by atoms with Crippen molar-refractivity contribution in [3.8, 4) is 5.75 Å². The first-order chi connectivity index (χ1) is 12.2. The van der Waals surface area contributed by atoms with Crippen molar-refractivity contribution in [2.24, 2.45) is 23.7 Å². The third kappa shape index (κ3) is 2.01. The summed E-state index contributed by atoms with van der Waals surface area (Å²) in [4.78, 5) is 2.90. The molecule has 1 aliphatic heterocycles. The molecule has 4 aliphatic carbocycles. The van der Waals surface area contributed by atoms with E-state index in [1.807, 2.05) is 0 Å². The van der Waals surface area contributed by atoms with Crippen LogP contribution in [-0.4, -0.2) is 31.1 Å². The van der Waals surface area contributed by atoms with Gasteiger partial charge in [-0.2, -0.15) is 0 Å². The number of piperidine rings is 1. The zero-order valence-electron chi connectivity index (χ0n) is 15.3. The zero-order valence-corrected chi connectivity index (χ0v) is 15.3. The molecule has 0 radical (unpaired) electrons. The molecule has 2 nitrogen and oxygen atoms in total. The number of hydrogen-bond acceptors (Lipinski definition) is 2. The molecule has 1 heterocycles. The monoisotopic (exact) mass is 335 g/mol. The Morgan fingerprint density at radius 3 is 3.00 bits per heavy atom. The first-order valence-electron chi connectivity index (χ1n) is 10.3. The number of fused-ring (bicyclic) bond motifs is 2. The first kappa shape index (κ1) is 14.8. The van der Waals surface area contributed by atoms with E-state index in [1.54, 1.807) is 23.8 Å². The summed E-state index contributed by atoms with van der Waals surface area (Å²) >= 11 is 0. The van der Waals surface area contributed by atoms with Gasteiger partial charge >= 0.3 is 0 Å². The van der Waals surface area contributed by atoms with E-state index in [0.29, 0.717) is 5.41 Å². The second-order valence-electron chi connectivity index (χ2n) is 9.51. The minimum Gasteiger partial charge on any atom is -0.497 e. The predicted octanol–water partition coefficient (Wildman–Crippen LogP) is 4.19. The summed E-state index contributed by atoms with van der Waals surface area (Å²) in [6.07, 6.45) is 8.16. The Bertz CT molecular complexity index is 750. The van der Waals surface area contributed by atoms with Crippen LogP contribution < -0.4 is 4.74 Å². The number of allylic oxidation sites excluding steroid dienone is 1. The predicted molar refractivity (Wildman–Crippen MR) is 99.9 cm³/mol. The second-order valence-corrected chi connectivity index (χ2v) is 9.51. The van der Waals surface area contributed by atoms with Gasteiger partial charge in [-0.1, -0.05) is 18.2 Å². The number of nitrogens with zero attached hydrogens (tertiary/aromatic N) is 1. The van der Waals surface area contributed by atoms with E-state index in [0.717, 1.165) is 35.5 Å². The molecule has 0 amide bonds. The maximum absolute atomic E-state index is 5.61. The minimum atomic E-state index is 0.349. The lowest BCUT2D eigenvalue weighted by Gasteiger charge is -2.59. The molecule has 25 heavy (non-hydrogen) atoms. The summed E-state index contributed by atoms with van der Waals surface area (Å²) in [5, 5.41) is 0. The molecule has 132 valence electrons. The maximum Gasteiger partial charge on any atom is 0.119 e. The quantitative estimate of drug-likeness (QED) is 0.768. The molecule has 4 fully saturated rings. The SMILES string of the molecule is C=C1CC23CCN(CC4CC4)[C@H](Cc4ccc(OC)cc42)C3C2CC12. The zero-order chi connectivity index (χ0) is 16.8. The van der Waals surface area contributed by atoms with E-state index in [1.165, 1.54) is 51.6 Å². The van der Waals surface area contributed by atoms with E-state index in [2.05, 4.69) is 29.7 Å². The van der Waals surface area contributed by atoms with Gasteiger partial charge in [-0.3, -0.25) is 4.90 Å². The van der Waals surface area contributed by atoms with Crippen LogP contribution in [0.2, 0.25) is 0 Å². The number of ether oxygens (including phenoxy) is 1. The molecule has 5 atom stereocenters. The molecule has 0 N–H and O–H groups in total. The number of hydrogen-bond donors (Lipinski definition) is 0. The molecule has 0 aromatic heterocycles. The molecule has 0 spiro atoms. The van der Waals surface area contributed by atoms with Crippen molar-refractivity contribution >= 4 is 0 Å². The molecule has 2 bridgehead atoms. The van der Waals surface area contributed by atoms with Crippen molar-refractivity contribution in [3.05, 3.63) is 41.5 Å². The van der Waals surface area contributed by atoms with Crippen molar-refractivity contribution in [1.29, 1.82) is 0 Å². The Labute approximate surface area is 151 Å². The van der Waals surface area contributed by atoms with Gasteiger partial charge in [-0.15, -0.1) is 0 Å². The molecular weight excluding hydrogens is 306 g/mol. The Hall–Kier alpha value is -1.28. The van der Waals surface area contributed by atoms with Crippen LogP contribution in [0.5, 0.6) is 5.75 Å². The fourth-order valence-electron chi connectivity index (χ4n) is 6.86. The van der Waals surface area contributed by atoms with Crippen molar-refractivity contribution in [2.75, 3.05) is 20.2 Å². The number of rotatable bonds is 3. The Kier molecular flexibility index (Phi) is 2.92. The van der Waals surface area contributed by atoms with Gasteiger partial charge in [0.25, 0.3) is 0 Å². The molecule has 4 unspecified atom stereocenters. The lowest BCUT2D eigenvalue weighted by atomic mass is 9.51. The normalized spacial score (nSPS) is 41.6. The van der Waals surface area contributed by atoms with Crippen LogP contribution in [0.3, 0.4) is 0 Å². The Balaban J connectivity index is 1.48. The van der Waals surface area contributed by atoms with Crippen LogP contribution in [0.1, 0.15) is 43.2 Å². The first-order valence-corrected chi connectivity index (χ1v) is 10.3. The lowest BCUT2D eigenvalue weighted by molar-refractivity contribution is -0.0110. The summed E-state index contributed by atoms with van der Waals surface area (Å²) in [6.45, 7) is 7.17. The minimum absolute atomic E-state index is 0.349. The topological polar surface area (TPSA) is 12.5 Å². The molecule has 1 aromatic rings. The van der Waals surface area contributed by atoms with Crippen LogP contribution in [0.15, 0.2) is 30.4 Å². The summed E-state index contributed by atoms with van der Waals surface area (Å²) in [5.41, 5.74) is 5.10. The van der Waals surface area contributed by atoms with Crippen molar-refractivity contribution in [3.63, 3.8) is 0 Å². The maximum atomic E-state index is 5.61. The number of likely N-dealkylation sites (tertiary alicyclic amines) is 1. The Morgan fingerprint density at radius 2 is 2.20 bits per heavy atom. The van der Waals surface area contributed by atoms with E-state index in [-0.39, 0.29) is 0 Å². The average molecular weight is 335 g/mol. The highest BCUT2D eigenvalue weighted by molar-refractivity contribution is 5.48. The van der Waals surface area contributed by atoms with Gasteiger partial charge in [0, 0.05) is 18.0 Å². The fraction of sp³-hybridized carbons (Fsp3) is 0.652. The molecule has 1 aromatic carbocycles. The van der Waals surface area contributed by atoms with Gasteiger partial charge in [0.2, 0.25) is 0 Å². The van der Waals surface area contributed by atoms with Gasteiger partial charge in [0.15, 0.2) is 0 Å². The van der Waals surface area contributed by atoms with E-state index < -0.39 is 0 Å². The van der Waals surface area contributed by atoms with Crippen LogP contribution in [0, 0.1) is 23.7 Å². The summed E-state index contributed by atoms with van der Waals surface area (Å²) in [6, 6.07) is 7.69. The van der Waals surface area contributed by atoms with Crippen LogP contribution in [-0.2, 0) is 11.8 Å².